The molecule has 0 radical (unpaired) electrons. The van der Waals surface area contributed by atoms with E-state index in [0.29, 0.717) is 40.3 Å². The van der Waals surface area contributed by atoms with Crippen LogP contribution < -0.4 is 14.2 Å². The highest BCUT2D eigenvalue weighted by Crippen LogP contribution is 2.45. The second kappa shape index (κ2) is 11.9. The highest BCUT2D eigenvalue weighted by Gasteiger charge is 2.47. The van der Waals surface area contributed by atoms with Gasteiger partial charge >= 0.3 is 6.09 Å². The third-order valence-corrected chi connectivity index (χ3v) is 9.70. The molecular formula is C27H36ClN7O6S. The zero-order valence-corrected chi connectivity index (χ0v) is 26.1. The molecule has 2 N–H and O–H groups in total. The van der Waals surface area contributed by atoms with Crippen LogP contribution in [0.1, 0.15) is 64.5 Å². The van der Waals surface area contributed by atoms with Crippen LogP contribution in [0.25, 0.3) is 5.69 Å². The molecule has 42 heavy (non-hydrogen) atoms. The first kappa shape index (κ1) is 31.3. The van der Waals surface area contributed by atoms with Crippen molar-refractivity contribution in [3.8, 4) is 17.2 Å². The maximum atomic E-state index is 13.7. The van der Waals surface area contributed by atoms with Crippen molar-refractivity contribution in [2.45, 2.75) is 64.2 Å². The summed E-state index contributed by atoms with van der Waals surface area (Å²) < 4.78 is 43.0. The number of hydrogen-bond acceptors (Lipinski definition) is 9. The number of likely N-dealkylation sites (tertiary alicyclic amines) is 1. The van der Waals surface area contributed by atoms with Crippen LogP contribution in [0, 0.1) is 5.41 Å². The van der Waals surface area contributed by atoms with E-state index in [0.717, 1.165) is 0 Å². The zero-order valence-electron chi connectivity index (χ0n) is 24.6. The summed E-state index contributed by atoms with van der Waals surface area (Å²) in [4.78, 5) is 22.0. The molecule has 0 aliphatic carbocycles. The lowest BCUT2D eigenvalue weighted by molar-refractivity contribution is 0.100. The van der Waals surface area contributed by atoms with Crippen LogP contribution in [0.3, 0.4) is 0 Å². The number of amides is 1. The number of aromatic nitrogens is 5. The molecule has 1 unspecified atom stereocenters. The van der Waals surface area contributed by atoms with E-state index >= 15 is 0 Å². The molecule has 4 atom stereocenters. The molecule has 3 heterocycles. The third kappa shape index (κ3) is 5.95. The Kier molecular flexibility index (Phi) is 8.88. The molecular weight excluding hydrogens is 586 g/mol. The summed E-state index contributed by atoms with van der Waals surface area (Å²) in [6, 6.07) is 4.69. The van der Waals surface area contributed by atoms with Gasteiger partial charge in [-0.2, -0.15) is 0 Å². The second-order valence-electron chi connectivity index (χ2n) is 11.3. The standard InChI is InChI=1S/C27H36ClN7O6S/c1-15(23-29-13-17(28)14-30-23)16(2)42(38,39)33-25-32-31-24(18-11-12-34(26(36)37)22(18)27(3,4)5)35(25)21-19(40-6)9-8-10-20(21)41-7/h8-10,13-16,18,22H,11-12H2,1-7H3,(H,32,33)(H,36,37)/t15-,16-,18-,22?/m0/s1. The first-order chi connectivity index (χ1) is 19.7. The number of carbonyl (C=O) groups is 1. The maximum absolute atomic E-state index is 13.7. The summed E-state index contributed by atoms with van der Waals surface area (Å²) in [6.07, 6.45) is 2.25. The molecule has 1 amide bonds. The first-order valence-electron chi connectivity index (χ1n) is 13.4. The van der Waals surface area contributed by atoms with Crippen molar-refractivity contribution < 1.29 is 27.8 Å². The number of hydrogen-bond donors (Lipinski definition) is 2. The monoisotopic (exact) mass is 621 g/mol. The Hall–Kier alpha value is -3.65. The first-order valence-corrected chi connectivity index (χ1v) is 15.3. The predicted molar refractivity (Wildman–Crippen MR) is 157 cm³/mol. The van der Waals surface area contributed by atoms with Crippen LogP contribution in [0.2, 0.25) is 5.02 Å². The smallest absolute Gasteiger partial charge is 0.407 e. The number of sulfonamides is 1. The molecule has 15 heteroatoms. The molecule has 4 rings (SSSR count). The van der Waals surface area contributed by atoms with Crippen molar-refractivity contribution in [1.82, 2.24) is 29.6 Å². The zero-order chi connectivity index (χ0) is 31.0. The van der Waals surface area contributed by atoms with Gasteiger partial charge < -0.3 is 19.5 Å². The van der Waals surface area contributed by atoms with Crippen molar-refractivity contribution in [1.29, 1.82) is 0 Å². The number of carboxylic acid groups (broad SMARTS) is 1. The Labute approximate surface area is 250 Å². The van der Waals surface area contributed by atoms with Gasteiger partial charge in [0.1, 0.15) is 28.8 Å². The predicted octanol–water partition coefficient (Wildman–Crippen LogP) is 4.54. The fraction of sp³-hybridized carbons (Fsp3) is 0.519. The summed E-state index contributed by atoms with van der Waals surface area (Å²) in [7, 11) is -1.11. The molecule has 1 aliphatic heterocycles. The van der Waals surface area contributed by atoms with Gasteiger partial charge in [-0.05, 0) is 30.9 Å². The van der Waals surface area contributed by atoms with E-state index in [1.807, 2.05) is 20.8 Å². The number of halogens is 1. The Morgan fingerprint density at radius 1 is 1.12 bits per heavy atom. The van der Waals surface area contributed by atoms with E-state index in [1.54, 1.807) is 36.6 Å². The summed E-state index contributed by atoms with van der Waals surface area (Å²) in [5.41, 5.74) is -0.0907. The number of methoxy groups -OCH3 is 2. The Morgan fingerprint density at radius 2 is 1.71 bits per heavy atom. The van der Waals surface area contributed by atoms with Crippen LogP contribution in [0.4, 0.5) is 10.7 Å². The van der Waals surface area contributed by atoms with Gasteiger partial charge in [0, 0.05) is 36.8 Å². The van der Waals surface area contributed by atoms with E-state index in [9.17, 15) is 18.3 Å². The molecule has 13 nitrogen and oxygen atoms in total. The lowest BCUT2D eigenvalue weighted by Crippen LogP contribution is -2.45. The van der Waals surface area contributed by atoms with Crippen molar-refractivity contribution in [3.63, 3.8) is 0 Å². The van der Waals surface area contributed by atoms with Crippen molar-refractivity contribution >= 4 is 33.7 Å². The average Bonchev–Trinajstić information content (AvgIpc) is 3.56. The lowest BCUT2D eigenvalue weighted by Gasteiger charge is -2.36. The number of para-hydroxylation sites is 1. The number of anilines is 1. The van der Waals surface area contributed by atoms with Gasteiger partial charge in [-0.3, -0.25) is 9.29 Å². The molecule has 228 valence electrons. The van der Waals surface area contributed by atoms with Gasteiger partial charge in [-0.15, -0.1) is 10.2 Å². The number of nitrogens with one attached hydrogen (secondary N) is 1. The Balaban J connectivity index is 1.86. The largest absolute Gasteiger partial charge is 0.494 e. The highest BCUT2D eigenvalue weighted by molar-refractivity contribution is 7.93. The molecule has 0 saturated carbocycles. The van der Waals surface area contributed by atoms with E-state index in [-0.39, 0.29) is 12.5 Å². The average molecular weight is 622 g/mol. The van der Waals surface area contributed by atoms with E-state index in [4.69, 9.17) is 21.1 Å². The number of rotatable bonds is 9. The molecule has 1 aromatic carbocycles. The van der Waals surface area contributed by atoms with Crippen molar-refractivity contribution in [2.75, 3.05) is 25.5 Å². The molecule has 0 spiro atoms. The highest BCUT2D eigenvalue weighted by atomic mass is 35.5. The maximum Gasteiger partial charge on any atom is 0.407 e. The topological polar surface area (TPSA) is 162 Å². The minimum atomic E-state index is -4.09. The fourth-order valence-electron chi connectivity index (χ4n) is 5.48. The molecule has 0 bridgehead atoms. The lowest BCUT2D eigenvalue weighted by atomic mass is 9.79. The van der Waals surface area contributed by atoms with E-state index in [1.165, 1.54) is 31.5 Å². The minimum Gasteiger partial charge on any atom is -0.494 e. The second-order valence-corrected chi connectivity index (χ2v) is 13.8. The van der Waals surface area contributed by atoms with Crippen LogP contribution in [0.15, 0.2) is 30.6 Å². The molecule has 1 saturated heterocycles. The summed E-state index contributed by atoms with van der Waals surface area (Å²) in [5, 5.41) is 18.1. The molecule has 3 aromatic rings. The van der Waals surface area contributed by atoms with Crippen LogP contribution in [0.5, 0.6) is 11.5 Å². The SMILES string of the molecule is COc1cccc(OC)c1-n1c(NS(=O)(=O)[C@@H](C)[C@H](C)c2ncc(Cl)cn2)nnc1[C@H]1CCN(C(=O)O)C1C(C)(C)C. The van der Waals surface area contributed by atoms with Gasteiger partial charge in [-0.25, -0.2) is 23.2 Å². The van der Waals surface area contributed by atoms with Gasteiger partial charge in [0.25, 0.3) is 0 Å². The summed E-state index contributed by atoms with van der Waals surface area (Å²) in [6.45, 7) is 9.42. The Bertz CT molecular complexity index is 1520. The van der Waals surface area contributed by atoms with Crippen LogP contribution >= 0.6 is 11.6 Å². The summed E-state index contributed by atoms with van der Waals surface area (Å²) >= 11 is 5.91. The van der Waals surface area contributed by atoms with Crippen molar-refractivity contribution in [3.05, 3.63) is 47.3 Å². The Morgan fingerprint density at radius 3 is 2.24 bits per heavy atom. The fourth-order valence-corrected chi connectivity index (χ4v) is 6.81. The van der Waals surface area contributed by atoms with Gasteiger partial charge in [0.15, 0.2) is 0 Å². The van der Waals surface area contributed by atoms with Crippen LogP contribution in [-0.4, -0.2) is 81.3 Å². The van der Waals surface area contributed by atoms with Crippen molar-refractivity contribution in [2.24, 2.45) is 5.41 Å². The van der Waals surface area contributed by atoms with Gasteiger partial charge in [-0.1, -0.05) is 45.4 Å². The quantitative estimate of drug-likeness (QED) is 0.347. The number of nitrogens with zero attached hydrogens (tertiary/aromatic N) is 6. The normalized spacial score (nSPS) is 18.9. The molecule has 1 fully saturated rings. The van der Waals surface area contributed by atoms with Crippen LogP contribution in [-0.2, 0) is 10.0 Å². The number of benzene rings is 1. The summed E-state index contributed by atoms with van der Waals surface area (Å²) in [5.74, 6) is 0.352. The van der Waals surface area contributed by atoms with Gasteiger partial charge in [0.2, 0.25) is 16.0 Å². The number of ether oxygens (including phenoxy) is 2. The van der Waals surface area contributed by atoms with E-state index in [2.05, 4.69) is 24.9 Å². The molecule has 1 aliphatic rings. The van der Waals surface area contributed by atoms with Gasteiger partial charge in [0.05, 0.1) is 24.5 Å². The third-order valence-electron chi connectivity index (χ3n) is 7.65. The minimum absolute atomic E-state index is 0.0923. The van der Waals surface area contributed by atoms with E-state index < -0.39 is 44.7 Å². The molecule has 2 aromatic heterocycles.